The Bertz CT molecular complexity index is 169. The van der Waals surface area contributed by atoms with E-state index in [-0.39, 0.29) is 0 Å². The molecule has 1 N–H and O–H groups in total. The van der Waals surface area contributed by atoms with Crippen molar-refractivity contribution in [1.29, 1.82) is 0 Å². The highest BCUT2D eigenvalue weighted by atomic mass is 14.9. The maximum absolute atomic E-state index is 3.57. The molecule has 0 aliphatic heterocycles. The monoisotopic (exact) mass is 213 g/mol. The van der Waals surface area contributed by atoms with Crippen LogP contribution < -0.4 is 5.32 Å². The molecule has 15 heavy (non-hydrogen) atoms. The number of nitrogens with one attached hydrogen (secondary N) is 1. The largest absolute Gasteiger partial charge is 0.314 e. The molecule has 0 spiro atoms. The van der Waals surface area contributed by atoms with Crippen LogP contribution in [-0.2, 0) is 0 Å². The molecule has 0 rings (SSSR count). The van der Waals surface area contributed by atoms with Crippen molar-refractivity contribution in [3.63, 3.8) is 0 Å². The molecule has 0 heterocycles. The molecule has 1 heteroatoms. The lowest BCUT2D eigenvalue weighted by molar-refractivity contribution is 0.159. The summed E-state index contributed by atoms with van der Waals surface area (Å²) in [5, 5.41) is 3.57. The van der Waals surface area contributed by atoms with Crippen LogP contribution in [0.2, 0.25) is 0 Å². The lowest BCUT2D eigenvalue weighted by atomic mass is 9.72. The van der Waals surface area contributed by atoms with Crippen molar-refractivity contribution in [2.75, 3.05) is 6.54 Å². The fraction of sp³-hybridized carbons (Fsp3) is 1.00. The Kier molecular flexibility index (Phi) is 5.32. The molecule has 0 saturated heterocycles. The van der Waals surface area contributed by atoms with Gasteiger partial charge < -0.3 is 5.32 Å². The number of rotatable bonds is 4. The zero-order valence-electron chi connectivity index (χ0n) is 12.1. The lowest BCUT2D eigenvalue weighted by Gasteiger charge is -2.36. The van der Waals surface area contributed by atoms with Crippen LogP contribution in [0.15, 0.2) is 0 Å². The molecule has 92 valence electrons. The van der Waals surface area contributed by atoms with Gasteiger partial charge in [0.2, 0.25) is 0 Å². The van der Waals surface area contributed by atoms with Crippen molar-refractivity contribution >= 4 is 0 Å². The summed E-state index contributed by atoms with van der Waals surface area (Å²) in [5.74, 6) is 0.750. The highest BCUT2D eigenvalue weighted by molar-refractivity contribution is 4.81. The van der Waals surface area contributed by atoms with Gasteiger partial charge in [0.15, 0.2) is 0 Å². The Balaban J connectivity index is 4.34. The first-order valence-corrected chi connectivity index (χ1v) is 6.26. The first kappa shape index (κ1) is 15.0. The third-order valence-electron chi connectivity index (χ3n) is 2.86. The van der Waals surface area contributed by atoms with Crippen LogP contribution in [0.4, 0.5) is 0 Å². The van der Waals surface area contributed by atoms with Crippen molar-refractivity contribution in [3.8, 4) is 0 Å². The van der Waals surface area contributed by atoms with Crippen molar-refractivity contribution in [3.05, 3.63) is 0 Å². The second-order valence-corrected chi connectivity index (χ2v) is 7.39. The minimum atomic E-state index is 0.398. The van der Waals surface area contributed by atoms with Gasteiger partial charge in [-0.05, 0) is 29.7 Å². The first-order valence-electron chi connectivity index (χ1n) is 6.26. The molecule has 0 aromatic rings. The molecule has 0 aliphatic carbocycles. The minimum absolute atomic E-state index is 0.398. The second-order valence-electron chi connectivity index (χ2n) is 7.39. The topological polar surface area (TPSA) is 12.0 Å². The van der Waals surface area contributed by atoms with E-state index in [0.29, 0.717) is 16.9 Å². The molecular weight excluding hydrogens is 182 g/mol. The summed E-state index contributed by atoms with van der Waals surface area (Å²) in [6.45, 7) is 19.6. The van der Waals surface area contributed by atoms with E-state index in [1.54, 1.807) is 0 Å². The normalized spacial score (nSPS) is 15.8. The van der Waals surface area contributed by atoms with Gasteiger partial charge >= 0.3 is 0 Å². The van der Waals surface area contributed by atoms with Crippen LogP contribution in [0.25, 0.3) is 0 Å². The molecule has 1 atom stereocenters. The standard InChI is InChI=1S/C14H31N/c1-11(2)15-10-12(14(6,7)8)9-13(3,4)5/h11-12,15H,9-10H2,1-8H3. The van der Waals surface area contributed by atoms with E-state index >= 15 is 0 Å². The van der Waals surface area contributed by atoms with Gasteiger partial charge in [-0.2, -0.15) is 0 Å². The van der Waals surface area contributed by atoms with Crippen LogP contribution in [0, 0.1) is 16.7 Å². The zero-order chi connectivity index (χ0) is 12.3. The molecule has 0 amide bonds. The van der Waals surface area contributed by atoms with Gasteiger partial charge in [0.1, 0.15) is 0 Å². The van der Waals surface area contributed by atoms with E-state index in [9.17, 15) is 0 Å². The molecule has 0 bridgehead atoms. The number of hydrogen-bond donors (Lipinski definition) is 1. The van der Waals surface area contributed by atoms with Gasteiger partial charge in [0.05, 0.1) is 0 Å². The third kappa shape index (κ3) is 7.84. The molecule has 0 aromatic heterocycles. The molecule has 0 aromatic carbocycles. The summed E-state index contributed by atoms with van der Waals surface area (Å²) in [4.78, 5) is 0. The number of hydrogen-bond acceptors (Lipinski definition) is 1. The zero-order valence-corrected chi connectivity index (χ0v) is 12.1. The Morgan fingerprint density at radius 3 is 1.67 bits per heavy atom. The predicted molar refractivity (Wildman–Crippen MR) is 70.2 cm³/mol. The van der Waals surface area contributed by atoms with E-state index in [2.05, 4.69) is 60.7 Å². The Hall–Kier alpha value is -0.0400. The summed E-state index contributed by atoms with van der Waals surface area (Å²) in [6, 6.07) is 0.592. The van der Waals surface area contributed by atoms with Gasteiger partial charge in [-0.3, -0.25) is 0 Å². The summed E-state index contributed by atoms with van der Waals surface area (Å²) in [5.41, 5.74) is 0.825. The van der Waals surface area contributed by atoms with Crippen LogP contribution in [0.1, 0.15) is 61.8 Å². The summed E-state index contributed by atoms with van der Waals surface area (Å²) in [6.07, 6.45) is 1.29. The van der Waals surface area contributed by atoms with Gasteiger partial charge in [-0.1, -0.05) is 55.4 Å². The Morgan fingerprint density at radius 1 is 0.933 bits per heavy atom. The molecule has 0 aliphatic rings. The highest BCUT2D eigenvalue weighted by Crippen LogP contribution is 2.35. The van der Waals surface area contributed by atoms with E-state index in [4.69, 9.17) is 0 Å². The van der Waals surface area contributed by atoms with E-state index in [1.807, 2.05) is 0 Å². The minimum Gasteiger partial charge on any atom is -0.314 e. The van der Waals surface area contributed by atoms with Crippen molar-refractivity contribution in [1.82, 2.24) is 5.32 Å². The van der Waals surface area contributed by atoms with Gasteiger partial charge in [-0.25, -0.2) is 0 Å². The van der Waals surface area contributed by atoms with Crippen LogP contribution in [-0.4, -0.2) is 12.6 Å². The van der Waals surface area contributed by atoms with E-state index in [1.165, 1.54) is 6.42 Å². The molecule has 0 fully saturated rings. The van der Waals surface area contributed by atoms with E-state index < -0.39 is 0 Å². The lowest BCUT2D eigenvalue weighted by Crippen LogP contribution is -2.37. The SMILES string of the molecule is CC(C)NCC(CC(C)(C)C)C(C)(C)C. The molecule has 1 unspecified atom stereocenters. The van der Waals surface area contributed by atoms with Crippen molar-refractivity contribution in [2.24, 2.45) is 16.7 Å². The fourth-order valence-corrected chi connectivity index (χ4v) is 1.80. The molecule has 1 nitrogen and oxygen atoms in total. The summed E-state index contributed by atoms with van der Waals surface area (Å²) >= 11 is 0. The second kappa shape index (κ2) is 5.34. The Labute approximate surface area is 97.0 Å². The predicted octanol–water partition coefficient (Wildman–Crippen LogP) is 4.08. The average molecular weight is 213 g/mol. The molecule has 0 saturated carbocycles. The van der Waals surface area contributed by atoms with Crippen LogP contribution >= 0.6 is 0 Å². The maximum Gasteiger partial charge on any atom is 0.00104 e. The first-order chi connectivity index (χ1) is 6.52. The van der Waals surface area contributed by atoms with Crippen LogP contribution in [0.5, 0.6) is 0 Å². The van der Waals surface area contributed by atoms with Crippen molar-refractivity contribution < 1.29 is 0 Å². The van der Waals surface area contributed by atoms with Crippen LogP contribution in [0.3, 0.4) is 0 Å². The van der Waals surface area contributed by atoms with E-state index in [0.717, 1.165) is 12.5 Å². The van der Waals surface area contributed by atoms with Gasteiger partial charge in [-0.15, -0.1) is 0 Å². The highest BCUT2D eigenvalue weighted by Gasteiger charge is 2.28. The fourth-order valence-electron chi connectivity index (χ4n) is 1.80. The third-order valence-corrected chi connectivity index (χ3v) is 2.86. The summed E-state index contributed by atoms with van der Waals surface area (Å²) in [7, 11) is 0. The maximum atomic E-state index is 3.57. The molecule has 0 radical (unpaired) electrons. The molecular formula is C14H31N. The smallest absolute Gasteiger partial charge is 0.00104 e. The quantitative estimate of drug-likeness (QED) is 0.742. The van der Waals surface area contributed by atoms with Gasteiger partial charge in [0.25, 0.3) is 0 Å². The summed E-state index contributed by atoms with van der Waals surface area (Å²) < 4.78 is 0. The average Bonchev–Trinajstić information content (AvgIpc) is 1.93. The Morgan fingerprint density at radius 2 is 1.40 bits per heavy atom. The van der Waals surface area contributed by atoms with Crippen molar-refractivity contribution in [2.45, 2.75) is 67.9 Å². The van der Waals surface area contributed by atoms with Gasteiger partial charge in [0, 0.05) is 6.04 Å².